The van der Waals surface area contributed by atoms with Gasteiger partial charge < -0.3 is 8.97 Å². The van der Waals surface area contributed by atoms with Crippen molar-refractivity contribution >= 4 is 0 Å². The molecule has 0 aliphatic carbocycles. The van der Waals surface area contributed by atoms with E-state index >= 15 is 0 Å². The first-order chi connectivity index (χ1) is 9.49. The van der Waals surface area contributed by atoms with E-state index in [1.807, 2.05) is 0 Å². The Hall–Kier alpha value is -0.860. The van der Waals surface area contributed by atoms with Crippen LogP contribution in [0.25, 0.3) is 0 Å². The van der Waals surface area contributed by atoms with Gasteiger partial charge in [0, 0.05) is 5.56 Å². The third-order valence-corrected chi connectivity index (χ3v) is 6.50. The van der Waals surface area contributed by atoms with Crippen LogP contribution >= 0.6 is 0 Å². The second kappa shape index (κ2) is 4.85. The summed E-state index contributed by atoms with van der Waals surface area (Å²) in [5, 5.41) is 0. The van der Waals surface area contributed by atoms with E-state index in [1.54, 1.807) is 0 Å². The van der Waals surface area contributed by atoms with E-state index in [-0.39, 0.29) is 0 Å². The number of fused-ring (bicyclic) bond motifs is 3. The Bertz CT molecular complexity index is 469. The van der Waals surface area contributed by atoms with Gasteiger partial charge in [-0.25, -0.2) is 0 Å². The fraction of sp³-hybridized carbons (Fsp3) is 0.667. The number of rotatable bonds is 3. The molecule has 0 N–H and O–H groups in total. The van der Waals surface area contributed by atoms with E-state index < -0.39 is 0 Å². The quantitative estimate of drug-likeness (QED) is 0.743. The molecule has 3 fully saturated rings. The first-order valence-electron chi connectivity index (χ1n) is 8.28. The van der Waals surface area contributed by atoms with Gasteiger partial charge in [-0.1, -0.05) is 31.2 Å². The minimum absolute atomic E-state index is 0.650. The summed E-state index contributed by atoms with van der Waals surface area (Å²) in [4.78, 5) is 0. The number of likely N-dealkylation sites (N-methyl/N-ethyl adjacent to an activating group) is 1. The van der Waals surface area contributed by atoms with Gasteiger partial charge in [0.05, 0.1) is 7.05 Å². The molecule has 1 aromatic rings. The van der Waals surface area contributed by atoms with Crippen LogP contribution in [-0.2, 0) is 6.42 Å². The van der Waals surface area contributed by atoms with Gasteiger partial charge in [-0.15, -0.1) is 0 Å². The van der Waals surface area contributed by atoms with Crippen LogP contribution in [0.5, 0.6) is 0 Å². The van der Waals surface area contributed by atoms with Crippen molar-refractivity contribution in [2.45, 2.75) is 39.3 Å². The van der Waals surface area contributed by atoms with Gasteiger partial charge in [-0.2, -0.15) is 0 Å². The van der Waals surface area contributed by atoms with Crippen molar-refractivity contribution in [3.05, 3.63) is 35.4 Å². The number of piperazine rings is 3. The van der Waals surface area contributed by atoms with Crippen molar-refractivity contribution in [1.29, 1.82) is 0 Å². The molecular weight excluding hydrogens is 244 g/mol. The Balaban J connectivity index is 1.84. The Morgan fingerprint density at radius 2 is 1.70 bits per heavy atom. The van der Waals surface area contributed by atoms with Gasteiger partial charge >= 0.3 is 0 Å². The molecule has 0 saturated carbocycles. The first-order valence-corrected chi connectivity index (χ1v) is 8.28. The zero-order valence-corrected chi connectivity index (χ0v) is 13.6. The molecule has 2 bridgehead atoms. The lowest BCUT2D eigenvalue weighted by Crippen LogP contribution is -2.77. The van der Waals surface area contributed by atoms with Gasteiger partial charge in [0.2, 0.25) is 0 Å². The molecule has 3 heterocycles. The summed E-state index contributed by atoms with van der Waals surface area (Å²) in [7, 11) is 2.46. The highest BCUT2D eigenvalue weighted by Crippen LogP contribution is 2.38. The van der Waals surface area contributed by atoms with Crippen LogP contribution in [0.1, 0.15) is 37.9 Å². The summed E-state index contributed by atoms with van der Waals surface area (Å²) in [5.41, 5.74) is 2.99. The molecule has 0 spiro atoms. The Kier molecular flexibility index (Phi) is 3.42. The molecule has 2 heteroatoms. The Morgan fingerprint density at radius 3 is 2.20 bits per heavy atom. The highest BCUT2D eigenvalue weighted by atomic mass is 15.5. The van der Waals surface area contributed by atoms with Crippen molar-refractivity contribution in [2.75, 3.05) is 39.8 Å². The van der Waals surface area contributed by atoms with Gasteiger partial charge in [0.15, 0.2) is 0 Å². The van der Waals surface area contributed by atoms with E-state index in [1.165, 1.54) is 52.8 Å². The molecule has 0 amide bonds. The number of quaternary nitrogens is 2. The van der Waals surface area contributed by atoms with Crippen molar-refractivity contribution in [2.24, 2.45) is 0 Å². The minimum atomic E-state index is 0.650. The largest absolute Gasteiger partial charge is 0.310 e. The van der Waals surface area contributed by atoms with E-state index in [9.17, 15) is 0 Å². The molecular formula is C18H30N2+2. The van der Waals surface area contributed by atoms with Gasteiger partial charge in [0.1, 0.15) is 44.8 Å². The summed E-state index contributed by atoms with van der Waals surface area (Å²) in [6, 6.07) is 10.9. The second-order valence-electron chi connectivity index (χ2n) is 7.40. The topological polar surface area (TPSA) is 0 Å². The smallest absolute Gasteiger partial charge is 0.136 e. The van der Waals surface area contributed by atoms with Gasteiger partial charge in [0.25, 0.3) is 0 Å². The average molecular weight is 274 g/mol. The van der Waals surface area contributed by atoms with Gasteiger partial charge in [-0.05, 0) is 25.8 Å². The zero-order chi connectivity index (χ0) is 14.4. The Labute approximate surface area is 124 Å². The monoisotopic (exact) mass is 274 g/mol. The molecule has 3 saturated heterocycles. The van der Waals surface area contributed by atoms with Crippen molar-refractivity contribution in [1.82, 2.24) is 0 Å². The van der Waals surface area contributed by atoms with Crippen LogP contribution in [0.15, 0.2) is 24.3 Å². The second-order valence-corrected chi connectivity index (χ2v) is 7.40. The molecule has 3 aliphatic rings. The van der Waals surface area contributed by atoms with Crippen LogP contribution in [0.2, 0.25) is 0 Å². The maximum atomic E-state index is 2.46. The Morgan fingerprint density at radius 1 is 1.10 bits per heavy atom. The number of benzene rings is 1. The standard InChI is InChI=1S/C18H30N2/c1-5-17-6-8-18(9-7-17)16(3)20-12-10-19(4,11-13-20)15(2)14-20/h6-9,15-16H,5,10-14H2,1-4H3/q+2. The van der Waals surface area contributed by atoms with E-state index in [0.717, 1.165) is 12.5 Å². The summed E-state index contributed by atoms with van der Waals surface area (Å²) in [6.45, 7) is 13.9. The van der Waals surface area contributed by atoms with Crippen LogP contribution in [0.4, 0.5) is 0 Å². The highest BCUT2D eigenvalue weighted by molar-refractivity contribution is 5.24. The molecule has 2 atom stereocenters. The van der Waals surface area contributed by atoms with E-state index in [0.29, 0.717) is 6.04 Å². The van der Waals surface area contributed by atoms with Gasteiger partial charge in [-0.3, -0.25) is 0 Å². The van der Waals surface area contributed by atoms with Crippen molar-refractivity contribution in [3.63, 3.8) is 0 Å². The summed E-state index contributed by atoms with van der Waals surface area (Å²) in [5.74, 6) is 0. The third kappa shape index (κ3) is 2.10. The first kappa shape index (κ1) is 14.1. The van der Waals surface area contributed by atoms with E-state index in [2.05, 4.69) is 52.1 Å². The predicted molar refractivity (Wildman–Crippen MR) is 84.5 cm³/mol. The fourth-order valence-corrected chi connectivity index (χ4v) is 4.32. The molecule has 0 radical (unpaired) electrons. The SMILES string of the molecule is CCc1ccc(C(C)[N+]23CC[N+](C)(CC2)C(C)C3)cc1. The summed E-state index contributed by atoms with van der Waals surface area (Å²) >= 11 is 0. The van der Waals surface area contributed by atoms with Crippen LogP contribution < -0.4 is 0 Å². The highest BCUT2D eigenvalue weighted by Gasteiger charge is 2.53. The average Bonchev–Trinajstić information content (AvgIpc) is 2.48. The van der Waals surface area contributed by atoms with Crippen LogP contribution in [0.3, 0.4) is 0 Å². The van der Waals surface area contributed by atoms with Crippen molar-refractivity contribution in [3.8, 4) is 0 Å². The lowest BCUT2D eigenvalue weighted by Gasteiger charge is -2.59. The molecule has 20 heavy (non-hydrogen) atoms. The molecule has 4 rings (SSSR count). The molecule has 3 aliphatic heterocycles. The lowest BCUT2D eigenvalue weighted by molar-refractivity contribution is -1.10. The van der Waals surface area contributed by atoms with Crippen LogP contribution in [-0.4, -0.2) is 54.8 Å². The minimum Gasteiger partial charge on any atom is -0.310 e. The number of aryl methyl sites for hydroxylation is 1. The fourth-order valence-electron chi connectivity index (χ4n) is 4.32. The summed E-state index contributed by atoms with van der Waals surface area (Å²) in [6.07, 6.45) is 1.14. The van der Waals surface area contributed by atoms with Crippen molar-refractivity contribution < 1.29 is 8.97 Å². The maximum Gasteiger partial charge on any atom is 0.136 e. The predicted octanol–water partition coefficient (Wildman–Crippen LogP) is 2.99. The molecule has 2 nitrogen and oxygen atoms in total. The number of nitrogens with zero attached hydrogens (tertiary/aromatic N) is 2. The van der Waals surface area contributed by atoms with E-state index in [4.69, 9.17) is 0 Å². The molecule has 0 aromatic heterocycles. The molecule has 1 aromatic carbocycles. The zero-order valence-electron chi connectivity index (χ0n) is 13.6. The maximum absolute atomic E-state index is 2.46. The van der Waals surface area contributed by atoms with Crippen LogP contribution in [0, 0.1) is 0 Å². The summed E-state index contributed by atoms with van der Waals surface area (Å²) < 4.78 is 2.63. The number of hydrogen-bond donors (Lipinski definition) is 0. The number of hydrogen-bond acceptors (Lipinski definition) is 0. The normalized spacial score (nSPS) is 37.9. The third-order valence-electron chi connectivity index (χ3n) is 6.50. The molecule has 2 unspecified atom stereocenters. The lowest BCUT2D eigenvalue weighted by atomic mass is 9.94. The molecule has 110 valence electrons.